The zero-order chi connectivity index (χ0) is 28.1. The number of para-hydroxylation sites is 1. The summed E-state index contributed by atoms with van der Waals surface area (Å²) in [6.45, 7) is 1.77. The molecule has 1 aliphatic heterocycles. The average Bonchev–Trinajstić information content (AvgIpc) is 3.35. The normalized spacial score (nSPS) is 15.6. The van der Waals surface area contributed by atoms with E-state index in [0.717, 1.165) is 0 Å². The molecule has 3 aromatic carbocycles. The Bertz CT molecular complexity index is 1780. The van der Waals surface area contributed by atoms with Gasteiger partial charge in [-0.2, -0.15) is 9.49 Å². The fraction of sp³-hybridized carbons (Fsp3) is 0.143. The predicted molar refractivity (Wildman–Crippen MR) is 143 cm³/mol. The van der Waals surface area contributed by atoms with Gasteiger partial charge in [-0.15, -0.1) is 0 Å². The van der Waals surface area contributed by atoms with E-state index >= 15 is 4.39 Å². The van der Waals surface area contributed by atoms with E-state index in [0.29, 0.717) is 11.4 Å². The highest BCUT2D eigenvalue weighted by Crippen LogP contribution is 2.39. The van der Waals surface area contributed by atoms with Gasteiger partial charge in [0.2, 0.25) is 5.82 Å². The Morgan fingerprint density at radius 2 is 1.77 bits per heavy atom. The van der Waals surface area contributed by atoms with Crippen LogP contribution < -0.4 is 20.7 Å². The van der Waals surface area contributed by atoms with Crippen molar-refractivity contribution < 1.29 is 22.7 Å². The van der Waals surface area contributed by atoms with Crippen LogP contribution in [0.5, 0.6) is 5.75 Å². The van der Waals surface area contributed by atoms with E-state index in [1.54, 1.807) is 43.3 Å². The first-order chi connectivity index (χ1) is 19.3. The van der Waals surface area contributed by atoms with Crippen LogP contribution in [0.4, 0.5) is 30.4 Å². The molecule has 9 nitrogen and oxygen atoms in total. The van der Waals surface area contributed by atoms with E-state index in [-0.39, 0.29) is 39.4 Å². The molecule has 1 aliphatic rings. The molecule has 12 heteroatoms. The van der Waals surface area contributed by atoms with Gasteiger partial charge in [0, 0.05) is 11.3 Å². The van der Waals surface area contributed by atoms with Gasteiger partial charge in [0.25, 0.3) is 5.91 Å². The minimum Gasteiger partial charge on any atom is -0.494 e. The van der Waals surface area contributed by atoms with Crippen LogP contribution in [0.3, 0.4) is 0 Å². The van der Waals surface area contributed by atoms with Crippen molar-refractivity contribution in [3.63, 3.8) is 0 Å². The third-order valence-corrected chi connectivity index (χ3v) is 6.94. The van der Waals surface area contributed by atoms with Crippen LogP contribution in [0.15, 0.2) is 67.0 Å². The monoisotopic (exact) mass is 545 g/mol. The zero-order valence-corrected chi connectivity index (χ0v) is 21.3. The number of nitrogens with one attached hydrogen (secondary N) is 1. The number of benzene rings is 3. The number of anilines is 3. The number of nitrogens with two attached hydrogens (primary N) is 1. The molecule has 0 aliphatic carbocycles. The molecule has 2 aromatic heterocycles. The van der Waals surface area contributed by atoms with Gasteiger partial charge in [-0.25, -0.2) is 23.4 Å². The molecule has 0 bridgehead atoms. The lowest BCUT2D eigenvalue weighted by atomic mass is 10.0. The smallest absolute Gasteiger partial charge is 0.265 e. The van der Waals surface area contributed by atoms with Crippen LogP contribution >= 0.6 is 0 Å². The first-order valence-corrected chi connectivity index (χ1v) is 12.3. The molecule has 2 atom stereocenters. The van der Waals surface area contributed by atoms with Gasteiger partial charge < -0.3 is 15.8 Å². The highest BCUT2D eigenvalue weighted by Gasteiger charge is 2.40. The molecule has 0 spiro atoms. The van der Waals surface area contributed by atoms with Crippen LogP contribution in [0.2, 0.25) is 0 Å². The number of rotatable bonds is 5. The first kappa shape index (κ1) is 25.2. The van der Waals surface area contributed by atoms with E-state index in [1.165, 1.54) is 47.3 Å². The number of methoxy groups -OCH3 is 1. The second-order valence-electron chi connectivity index (χ2n) is 9.20. The minimum atomic E-state index is -1.18. The quantitative estimate of drug-likeness (QED) is 0.314. The van der Waals surface area contributed by atoms with E-state index in [1.807, 2.05) is 0 Å². The number of carbonyl (C=O) groups is 1. The molecule has 40 heavy (non-hydrogen) atoms. The maximum atomic E-state index is 15.2. The molecule has 2 unspecified atom stereocenters. The summed E-state index contributed by atoms with van der Waals surface area (Å²) in [5.74, 6) is -3.83. The molecular formula is C28H22F3N7O2. The van der Waals surface area contributed by atoms with Crippen molar-refractivity contribution in [1.29, 1.82) is 0 Å². The van der Waals surface area contributed by atoms with Gasteiger partial charge in [0.1, 0.15) is 29.8 Å². The Kier molecular flexibility index (Phi) is 6.01. The Morgan fingerprint density at radius 3 is 2.52 bits per heavy atom. The highest BCUT2D eigenvalue weighted by molar-refractivity contribution is 6.12. The lowest BCUT2D eigenvalue weighted by Crippen LogP contribution is -2.53. The van der Waals surface area contributed by atoms with E-state index in [9.17, 15) is 13.6 Å². The highest BCUT2D eigenvalue weighted by atomic mass is 19.2. The number of aromatic nitrogens is 4. The predicted octanol–water partition coefficient (Wildman–Crippen LogP) is 5.16. The molecule has 6 rings (SSSR count). The number of carbonyl (C=O) groups excluding carboxylic acids is 1. The Morgan fingerprint density at radius 1 is 1.00 bits per heavy atom. The third-order valence-electron chi connectivity index (χ3n) is 6.94. The lowest BCUT2D eigenvalue weighted by Gasteiger charge is -2.41. The number of nitrogens with zero attached hydrogens (tertiary/aromatic N) is 5. The zero-order valence-electron chi connectivity index (χ0n) is 21.3. The van der Waals surface area contributed by atoms with Crippen molar-refractivity contribution in [3.8, 4) is 17.0 Å². The molecule has 3 N–H and O–H groups in total. The lowest BCUT2D eigenvalue weighted by molar-refractivity contribution is 0.0963. The second-order valence-corrected chi connectivity index (χ2v) is 9.20. The topological polar surface area (TPSA) is 111 Å². The van der Waals surface area contributed by atoms with E-state index < -0.39 is 35.6 Å². The molecule has 5 aromatic rings. The summed E-state index contributed by atoms with van der Waals surface area (Å²) in [6.07, 6.45) is 0.435. The number of amides is 1. The fourth-order valence-electron chi connectivity index (χ4n) is 5.01. The molecular weight excluding hydrogens is 523 g/mol. The van der Waals surface area contributed by atoms with Crippen LogP contribution in [0, 0.1) is 17.5 Å². The molecule has 0 saturated heterocycles. The summed E-state index contributed by atoms with van der Waals surface area (Å²) in [5.41, 5.74) is 6.99. The molecule has 0 fully saturated rings. The molecule has 0 radical (unpaired) electrons. The minimum absolute atomic E-state index is 0.00841. The van der Waals surface area contributed by atoms with Gasteiger partial charge in [0.15, 0.2) is 17.2 Å². The number of hydrogen-bond donors (Lipinski definition) is 2. The summed E-state index contributed by atoms with van der Waals surface area (Å²) in [7, 11) is 1.23. The maximum absolute atomic E-state index is 15.2. The van der Waals surface area contributed by atoms with Crippen molar-refractivity contribution in [3.05, 3.63) is 90.0 Å². The fourth-order valence-corrected chi connectivity index (χ4v) is 5.01. The van der Waals surface area contributed by atoms with Crippen LogP contribution in [0.25, 0.3) is 22.3 Å². The average molecular weight is 546 g/mol. The van der Waals surface area contributed by atoms with Gasteiger partial charge in [0.05, 0.1) is 29.8 Å². The summed E-state index contributed by atoms with van der Waals surface area (Å²) in [6, 6.07) is 15.1. The van der Waals surface area contributed by atoms with Crippen molar-refractivity contribution in [2.45, 2.75) is 19.1 Å². The number of hydrogen-bond acceptors (Lipinski definition) is 7. The molecule has 1 amide bonds. The van der Waals surface area contributed by atoms with Crippen LogP contribution in [-0.4, -0.2) is 38.9 Å². The molecule has 202 valence electrons. The molecule has 0 saturated carbocycles. The van der Waals surface area contributed by atoms with Crippen molar-refractivity contribution in [2.75, 3.05) is 23.1 Å². The van der Waals surface area contributed by atoms with Gasteiger partial charge in [-0.3, -0.25) is 9.69 Å². The summed E-state index contributed by atoms with van der Waals surface area (Å²) in [5, 5.41) is 8.08. The second kappa shape index (κ2) is 9.56. The van der Waals surface area contributed by atoms with Crippen LogP contribution in [-0.2, 0) is 0 Å². The maximum Gasteiger partial charge on any atom is 0.265 e. The number of ether oxygens (including phenoxy) is 1. The van der Waals surface area contributed by atoms with Gasteiger partial charge >= 0.3 is 0 Å². The van der Waals surface area contributed by atoms with Crippen LogP contribution in [0.1, 0.15) is 23.3 Å². The Hall–Kier alpha value is -5.13. The van der Waals surface area contributed by atoms with Crippen molar-refractivity contribution in [2.24, 2.45) is 0 Å². The SMILES string of the molecule is COc1ccc(-c2nn(C(C)C3Nc4cccc(F)c4C(=O)N3c3ccccc3)c3ncnc(N)c23)c(F)c1F. The van der Waals surface area contributed by atoms with Gasteiger partial charge in [-0.1, -0.05) is 24.3 Å². The third kappa shape index (κ3) is 3.79. The standard InChI is InChI=1S/C28H22F3N7O2/c1-14(26-35-18-10-6-9-17(29)20(18)28(39)37(26)15-7-4-3-5-8-15)38-27-21(25(32)33-13-34-27)24(36-38)16-11-12-19(40-2)23(31)22(16)30/h3-14,26,35H,1-2H3,(H2,32,33,34). The van der Waals surface area contributed by atoms with E-state index in [2.05, 4.69) is 20.4 Å². The van der Waals surface area contributed by atoms with Crippen molar-refractivity contribution >= 4 is 34.1 Å². The molecule has 3 heterocycles. The van der Waals surface area contributed by atoms with E-state index in [4.69, 9.17) is 10.5 Å². The number of fused-ring (bicyclic) bond motifs is 2. The van der Waals surface area contributed by atoms with Gasteiger partial charge in [-0.05, 0) is 43.3 Å². The first-order valence-electron chi connectivity index (χ1n) is 12.3. The largest absolute Gasteiger partial charge is 0.494 e. The number of halogens is 3. The van der Waals surface area contributed by atoms with Crippen molar-refractivity contribution in [1.82, 2.24) is 19.7 Å². The Balaban J connectivity index is 1.54. The summed E-state index contributed by atoms with van der Waals surface area (Å²) < 4.78 is 51.1. The summed E-state index contributed by atoms with van der Waals surface area (Å²) in [4.78, 5) is 23.5. The summed E-state index contributed by atoms with van der Waals surface area (Å²) >= 11 is 0. The number of nitrogen functional groups attached to an aromatic ring is 1. The Labute approximate surface area is 226 Å².